The minimum absolute atomic E-state index is 0.272. The molecule has 16 heavy (non-hydrogen) atoms. The Balaban J connectivity index is 2.56. The monoisotopic (exact) mass is 226 g/mol. The van der Waals surface area contributed by atoms with Crippen LogP contribution >= 0.6 is 0 Å². The Morgan fingerprint density at radius 3 is 2.69 bits per heavy atom. The van der Waals surface area contributed by atoms with E-state index in [2.05, 4.69) is 37.9 Å². The molecule has 1 fully saturated rings. The van der Waals surface area contributed by atoms with E-state index in [0.717, 1.165) is 19.3 Å². The molecule has 0 spiro atoms. The van der Waals surface area contributed by atoms with Gasteiger partial charge in [-0.1, -0.05) is 33.6 Å². The van der Waals surface area contributed by atoms with Crippen molar-refractivity contribution in [3.63, 3.8) is 0 Å². The predicted molar refractivity (Wildman–Crippen MR) is 67.1 cm³/mol. The molecule has 0 bridgehead atoms. The lowest BCUT2D eigenvalue weighted by atomic mass is 9.99. The maximum atomic E-state index is 11.8. The van der Waals surface area contributed by atoms with Crippen LogP contribution in [0.1, 0.15) is 53.4 Å². The third-order valence-electron chi connectivity index (χ3n) is 3.59. The molecule has 3 heteroatoms. The summed E-state index contributed by atoms with van der Waals surface area (Å²) in [7, 11) is 0. The second-order valence-corrected chi connectivity index (χ2v) is 5.08. The zero-order valence-corrected chi connectivity index (χ0v) is 11.1. The van der Waals surface area contributed by atoms with Crippen LogP contribution in [0.2, 0.25) is 0 Å². The molecule has 1 amide bonds. The molecule has 94 valence electrons. The minimum atomic E-state index is 0.272. The van der Waals surface area contributed by atoms with Gasteiger partial charge in [0.05, 0.1) is 12.7 Å². The molecule has 3 atom stereocenters. The van der Waals surface area contributed by atoms with Gasteiger partial charge in [0.15, 0.2) is 0 Å². The van der Waals surface area contributed by atoms with Gasteiger partial charge >= 0.3 is 0 Å². The zero-order chi connectivity index (χ0) is 12.1. The summed E-state index contributed by atoms with van der Waals surface area (Å²) in [5, 5.41) is 3.31. The molecule has 0 aromatic carbocycles. The molecular formula is C13H26N2O. The van der Waals surface area contributed by atoms with E-state index in [9.17, 15) is 4.79 Å². The Hall–Kier alpha value is -0.570. The fraction of sp³-hybridized carbons (Fsp3) is 0.923. The van der Waals surface area contributed by atoms with Gasteiger partial charge in [0, 0.05) is 6.04 Å². The maximum absolute atomic E-state index is 11.8. The number of carbonyl (C=O) groups excluding carboxylic acids is 1. The van der Waals surface area contributed by atoms with Gasteiger partial charge in [-0.05, 0) is 25.7 Å². The fourth-order valence-electron chi connectivity index (χ4n) is 2.50. The van der Waals surface area contributed by atoms with Crippen LogP contribution in [0.15, 0.2) is 0 Å². The molecule has 1 heterocycles. The summed E-state index contributed by atoms with van der Waals surface area (Å²) < 4.78 is 0. The van der Waals surface area contributed by atoms with Crippen LogP contribution in [0, 0.1) is 5.92 Å². The summed E-state index contributed by atoms with van der Waals surface area (Å²) in [5.41, 5.74) is 0. The van der Waals surface area contributed by atoms with E-state index in [4.69, 9.17) is 0 Å². The first-order chi connectivity index (χ1) is 7.60. The molecule has 1 N–H and O–H groups in total. The van der Waals surface area contributed by atoms with E-state index in [-0.39, 0.29) is 12.1 Å². The van der Waals surface area contributed by atoms with Crippen LogP contribution < -0.4 is 5.32 Å². The highest BCUT2D eigenvalue weighted by molar-refractivity contribution is 5.80. The number of rotatable bonds is 6. The molecule has 0 aromatic heterocycles. The average Bonchev–Trinajstić information content (AvgIpc) is 2.60. The average molecular weight is 226 g/mol. The first-order valence-electron chi connectivity index (χ1n) is 6.64. The summed E-state index contributed by atoms with van der Waals surface area (Å²) in [6, 6.07) is 0.369. The van der Waals surface area contributed by atoms with Gasteiger partial charge in [0.25, 0.3) is 0 Å². The Morgan fingerprint density at radius 2 is 2.12 bits per heavy atom. The highest BCUT2D eigenvalue weighted by Gasteiger charge is 2.33. The van der Waals surface area contributed by atoms with Gasteiger partial charge in [0.2, 0.25) is 5.91 Å². The molecule has 0 aromatic rings. The van der Waals surface area contributed by atoms with E-state index < -0.39 is 0 Å². The predicted octanol–water partition coefficient (Wildman–Crippen LogP) is 2.37. The Bertz CT molecular complexity index is 230. The lowest BCUT2D eigenvalue weighted by molar-refractivity contribution is -0.130. The number of nitrogens with one attached hydrogen (secondary N) is 1. The van der Waals surface area contributed by atoms with Crippen molar-refractivity contribution < 1.29 is 4.79 Å². The molecule has 0 saturated carbocycles. The van der Waals surface area contributed by atoms with E-state index in [0.29, 0.717) is 18.5 Å². The number of amides is 1. The maximum Gasteiger partial charge on any atom is 0.238 e. The van der Waals surface area contributed by atoms with E-state index >= 15 is 0 Å². The summed E-state index contributed by atoms with van der Waals surface area (Å²) in [6.07, 6.45) is 4.77. The third kappa shape index (κ3) is 3.21. The topological polar surface area (TPSA) is 32.3 Å². The molecule has 1 aliphatic rings. The highest BCUT2D eigenvalue weighted by atomic mass is 16.2. The lowest BCUT2D eigenvalue weighted by Crippen LogP contribution is -2.43. The molecule has 1 aliphatic heterocycles. The van der Waals surface area contributed by atoms with Crippen molar-refractivity contribution in [1.29, 1.82) is 0 Å². The van der Waals surface area contributed by atoms with Crippen LogP contribution in [0.4, 0.5) is 0 Å². The first-order valence-corrected chi connectivity index (χ1v) is 6.64. The van der Waals surface area contributed by atoms with Crippen LogP contribution in [-0.4, -0.2) is 29.6 Å². The van der Waals surface area contributed by atoms with Crippen molar-refractivity contribution in [1.82, 2.24) is 10.2 Å². The highest BCUT2D eigenvalue weighted by Crippen LogP contribution is 2.20. The minimum Gasteiger partial charge on any atom is -0.323 e. The molecule has 0 aliphatic carbocycles. The largest absolute Gasteiger partial charge is 0.323 e. The SMILES string of the molecule is CCCC1NCC(=O)N1C(C)CC(C)CC. The summed E-state index contributed by atoms with van der Waals surface area (Å²) in [5.74, 6) is 0.972. The van der Waals surface area contributed by atoms with Gasteiger partial charge in [0.1, 0.15) is 0 Å². The van der Waals surface area contributed by atoms with Gasteiger partial charge in [-0.25, -0.2) is 0 Å². The molecule has 1 saturated heterocycles. The fourth-order valence-corrected chi connectivity index (χ4v) is 2.50. The van der Waals surface area contributed by atoms with E-state index in [1.165, 1.54) is 6.42 Å². The Labute approximate surface area is 99.6 Å². The van der Waals surface area contributed by atoms with Crippen molar-refractivity contribution in [3.05, 3.63) is 0 Å². The number of nitrogens with zero attached hydrogens (tertiary/aromatic N) is 1. The van der Waals surface area contributed by atoms with Crippen LogP contribution in [0.25, 0.3) is 0 Å². The number of carbonyl (C=O) groups is 1. The quantitative estimate of drug-likeness (QED) is 0.754. The third-order valence-corrected chi connectivity index (χ3v) is 3.59. The summed E-state index contributed by atoms with van der Waals surface area (Å²) in [6.45, 7) is 9.35. The van der Waals surface area contributed by atoms with Crippen molar-refractivity contribution in [2.45, 2.75) is 65.6 Å². The standard InChI is InChI=1S/C13H26N2O/c1-5-7-12-14-9-13(16)15(12)11(4)8-10(3)6-2/h10-12,14H,5-9H2,1-4H3. The van der Waals surface area contributed by atoms with Gasteiger partial charge in [-0.15, -0.1) is 0 Å². The normalized spacial score (nSPS) is 24.9. The number of hydrogen-bond donors (Lipinski definition) is 1. The Kier molecular flexibility index (Phi) is 5.26. The molecular weight excluding hydrogens is 200 g/mol. The van der Waals surface area contributed by atoms with Gasteiger partial charge in [-0.2, -0.15) is 0 Å². The Morgan fingerprint density at radius 1 is 1.44 bits per heavy atom. The zero-order valence-electron chi connectivity index (χ0n) is 11.1. The summed E-state index contributed by atoms with van der Waals surface area (Å²) in [4.78, 5) is 13.9. The molecule has 3 unspecified atom stereocenters. The van der Waals surface area contributed by atoms with E-state index in [1.807, 2.05) is 0 Å². The van der Waals surface area contributed by atoms with Crippen molar-refractivity contribution in [3.8, 4) is 0 Å². The second-order valence-electron chi connectivity index (χ2n) is 5.08. The second kappa shape index (κ2) is 6.24. The molecule has 0 radical (unpaired) electrons. The smallest absolute Gasteiger partial charge is 0.238 e. The van der Waals surface area contributed by atoms with Crippen LogP contribution in [0.3, 0.4) is 0 Å². The molecule has 3 nitrogen and oxygen atoms in total. The number of hydrogen-bond acceptors (Lipinski definition) is 2. The van der Waals surface area contributed by atoms with Crippen LogP contribution in [0.5, 0.6) is 0 Å². The van der Waals surface area contributed by atoms with E-state index in [1.54, 1.807) is 0 Å². The van der Waals surface area contributed by atoms with Crippen molar-refractivity contribution in [2.75, 3.05) is 6.54 Å². The van der Waals surface area contributed by atoms with Crippen LogP contribution in [-0.2, 0) is 4.79 Å². The van der Waals surface area contributed by atoms with Gasteiger partial charge < -0.3 is 4.90 Å². The van der Waals surface area contributed by atoms with Crippen molar-refractivity contribution >= 4 is 5.91 Å². The first kappa shape index (κ1) is 13.5. The van der Waals surface area contributed by atoms with Gasteiger partial charge in [-0.3, -0.25) is 10.1 Å². The molecule has 1 rings (SSSR count). The van der Waals surface area contributed by atoms with Crippen molar-refractivity contribution in [2.24, 2.45) is 5.92 Å². The lowest BCUT2D eigenvalue weighted by Gasteiger charge is -2.31. The summed E-state index contributed by atoms with van der Waals surface area (Å²) >= 11 is 0.